The molecule has 6 heteroatoms. The van der Waals surface area contributed by atoms with Crippen molar-refractivity contribution in [2.45, 2.75) is 4.90 Å². The highest BCUT2D eigenvalue weighted by atomic mass is 35.5. The molecule has 0 fully saturated rings. The Bertz CT molecular complexity index is 1040. The molecule has 0 saturated carbocycles. The third-order valence-electron chi connectivity index (χ3n) is 4.14. The summed E-state index contributed by atoms with van der Waals surface area (Å²) < 4.78 is 5.92. The Hall–Kier alpha value is -3.02. The molecular weight excluding hydrogens is 404 g/mol. The fourth-order valence-corrected chi connectivity index (χ4v) is 3.61. The molecule has 0 unspecified atom stereocenters. The molecule has 1 N–H and O–H groups in total. The zero-order valence-corrected chi connectivity index (χ0v) is 16.9. The van der Waals surface area contributed by atoms with Crippen LogP contribution in [0.1, 0.15) is 0 Å². The highest BCUT2D eigenvalue weighted by molar-refractivity contribution is 8.00. The standard InChI is InChI=1S/C23H17ClN2O2S/c24-18-11-13-19(14-12-18)29-15-20(27)25-23-26-21(16-7-3-1-4-8-16)22(28-23)17-9-5-2-6-10-17/h1-14H,15H2,(H,25,26,27). The number of benzene rings is 3. The summed E-state index contributed by atoms with van der Waals surface area (Å²) in [4.78, 5) is 17.9. The van der Waals surface area contributed by atoms with Crippen LogP contribution in [0.4, 0.5) is 6.01 Å². The third kappa shape index (κ3) is 4.88. The predicted octanol–water partition coefficient (Wildman–Crippen LogP) is 6.39. The summed E-state index contributed by atoms with van der Waals surface area (Å²) in [5, 5.41) is 3.43. The number of hydrogen-bond acceptors (Lipinski definition) is 4. The molecule has 29 heavy (non-hydrogen) atoms. The lowest BCUT2D eigenvalue weighted by molar-refractivity contribution is -0.113. The number of rotatable bonds is 6. The van der Waals surface area contributed by atoms with E-state index in [1.807, 2.05) is 72.8 Å². The minimum Gasteiger partial charge on any atom is -0.423 e. The maximum Gasteiger partial charge on any atom is 0.302 e. The van der Waals surface area contributed by atoms with E-state index >= 15 is 0 Å². The minimum atomic E-state index is -0.189. The van der Waals surface area contributed by atoms with Crippen molar-refractivity contribution in [2.75, 3.05) is 11.1 Å². The van der Waals surface area contributed by atoms with Crippen LogP contribution in [-0.2, 0) is 4.79 Å². The molecular formula is C23H17ClN2O2S. The molecule has 1 aromatic heterocycles. The zero-order chi connectivity index (χ0) is 20.1. The SMILES string of the molecule is O=C(CSc1ccc(Cl)cc1)Nc1nc(-c2ccccc2)c(-c2ccccc2)o1. The van der Waals surface area contributed by atoms with Crippen LogP contribution in [0.15, 0.2) is 94.2 Å². The van der Waals surface area contributed by atoms with E-state index in [0.717, 1.165) is 16.0 Å². The van der Waals surface area contributed by atoms with Crippen molar-refractivity contribution in [3.8, 4) is 22.6 Å². The normalized spacial score (nSPS) is 10.7. The Kier molecular flexibility index (Phi) is 5.98. The second-order valence-corrected chi connectivity index (χ2v) is 7.70. The van der Waals surface area contributed by atoms with Crippen molar-refractivity contribution in [3.63, 3.8) is 0 Å². The first-order valence-corrected chi connectivity index (χ1v) is 10.4. The Labute approximate surface area is 177 Å². The monoisotopic (exact) mass is 420 g/mol. The molecule has 144 valence electrons. The van der Waals surface area contributed by atoms with E-state index < -0.39 is 0 Å². The van der Waals surface area contributed by atoms with Gasteiger partial charge in [-0.3, -0.25) is 10.1 Å². The molecule has 0 bridgehead atoms. The fraction of sp³-hybridized carbons (Fsp3) is 0.0435. The molecule has 4 aromatic rings. The van der Waals surface area contributed by atoms with Gasteiger partial charge in [-0.15, -0.1) is 11.8 Å². The van der Waals surface area contributed by atoms with Crippen LogP contribution in [0.25, 0.3) is 22.6 Å². The van der Waals surface area contributed by atoms with Gasteiger partial charge in [0.1, 0.15) is 5.69 Å². The van der Waals surface area contributed by atoms with Gasteiger partial charge >= 0.3 is 6.01 Å². The number of carbonyl (C=O) groups excluding carboxylic acids is 1. The molecule has 4 rings (SSSR count). The number of nitrogens with one attached hydrogen (secondary N) is 1. The van der Waals surface area contributed by atoms with Crippen molar-refractivity contribution in [1.29, 1.82) is 0 Å². The van der Waals surface area contributed by atoms with E-state index in [4.69, 9.17) is 16.0 Å². The number of anilines is 1. The highest BCUT2D eigenvalue weighted by Gasteiger charge is 2.18. The molecule has 3 aromatic carbocycles. The number of aromatic nitrogens is 1. The van der Waals surface area contributed by atoms with Crippen molar-refractivity contribution >= 4 is 35.3 Å². The summed E-state index contributed by atoms with van der Waals surface area (Å²) in [6.45, 7) is 0. The number of carbonyl (C=O) groups is 1. The van der Waals surface area contributed by atoms with Gasteiger partial charge in [-0.1, -0.05) is 72.3 Å². The maximum absolute atomic E-state index is 12.4. The molecule has 0 atom stereocenters. The van der Waals surface area contributed by atoms with E-state index in [1.54, 1.807) is 12.1 Å². The average Bonchev–Trinajstić information content (AvgIpc) is 3.18. The van der Waals surface area contributed by atoms with E-state index in [-0.39, 0.29) is 17.7 Å². The van der Waals surface area contributed by atoms with Gasteiger partial charge in [0.2, 0.25) is 5.91 Å². The number of halogens is 1. The van der Waals surface area contributed by atoms with Crippen molar-refractivity contribution in [2.24, 2.45) is 0 Å². The summed E-state index contributed by atoms with van der Waals surface area (Å²) in [6, 6.07) is 27.0. The summed E-state index contributed by atoms with van der Waals surface area (Å²) in [7, 11) is 0. The van der Waals surface area contributed by atoms with Gasteiger partial charge in [-0.25, -0.2) is 0 Å². The Morgan fingerprint density at radius 2 is 1.52 bits per heavy atom. The molecule has 0 aliphatic heterocycles. The first-order chi connectivity index (χ1) is 14.2. The van der Waals surface area contributed by atoms with Gasteiger partial charge in [-0.05, 0) is 24.3 Å². The van der Waals surface area contributed by atoms with Crippen LogP contribution in [0.3, 0.4) is 0 Å². The van der Waals surface area contributed by atoms with Crippen molar-refractivity contribution in [1.82, 2.24) is 4.98 Å². The van der Waals surface area contributed by atoms with Crippen LogP contribution in [0.5, 0.6) is 0 Å². The zero-order valence-electron chi connectivity index (χ0n) is 15.3. The van der Waals surface area contributed by atoms with Crippen LogP contribution >= 0.6 is 23.4 Å². The van der Waals surface area contributed by atoms with E-state index in [2.05, 4.69) is 10.3 Å². The number of amides is 1. The summed E-state index contributed by atoms with van der Waals surface area (Å²) in [6.07, 6.45) is 0. The molecule has 0 saturated heterocycles. The smallest absolute Gasteiger partial charge is 0.302 e. The van der Waals surface area contributed by atoms with Gasteiger partial charge in [0, 0.05) is 21.0 Å². The molecule has 4 nitrogen and oxygen atoms in total. The molecule has 0 aliphatic rings. The van der Waals surface area contributed by atoms with Crippen LogP contribution in [0, 0.1) is 0 Å². The highest BCUT2D eigenvalue weighted by Crippen LogP contribution is 2.34. The quantitative estimate of drug-likeness (QED) is 0.367. The van der Waals surface area contributed by atoms with Crippen LogP contribution < -0.4 is 5.32 Å². The van der Waals surface area contributed by atoms with Gasteiger partial charge in [0.25, 0.3) is 0 Å². The van der Waals surface area contributed by atoms with Gasteiger partial charge in [-0.2, -0.15) is 4.98 Å². The maximum atomic E-state index is 12.4. The van der Waals surface area contributed by atoms with Gasteiger partial charge in [0.15, 0.2) is 5.76 Å². The number of nitrogens with zero attached hydrogens (tertiary/aromatic N) is 1. The number of oxazole rings is 1. The molecule has 1 heterocycles. The van der Waals surface area contributed by atoms with E-state index in [1.165, 1.54) is 11.8 Å². The Morgan fingerprint density at radius 3 is 2.17 bits per heavy atom. The molecule has 1 amide bonds. The first-order valence-electron chi connectivity index (χ1n) is 8.99. The largest absolute Gasteiger partial charge is 0.423 e. The molecule has 0 radical (unpaired) electrons. The summed E-state index contributed by atoms with van der Waals surface area (Å²) in [5.74, 6) is 0.675. The third-order valence-corrected chi connectivity index (χ3v) is 5.40. The lowest BCUT2D eigenvalue weighted by Gasteiger charge is -2.02. The van der Waals surface area contributed by atoms with E-state index in [0.29, 0.717) is 16.5 Å². The lowest BCUT2D eigenvalue weighted by Crippen LogP contribution is -2.14. The Morgan fingerprint density at radius 1 is 0.897 bits per heavy atom. The average molecular weight is 421 g/mol. The second kappa shape index (κ2) is 8.99. The molecule has 0 aliphatic carbocycles. The number of thioether (sulfide) groups is 1. The second-order valence-electron chi connectivity index (χ2n) is 6.22. The van der Waals surface area contributed by atoms with Crippen molar-refractivity contribution < 1.29 is 9.21 Å². The molecule has 0 spiro atoms. The van der Waals surface area contributed by atoms with E-state index in [9.17, 15) is 4.79 Å². The first kappa shape index (κ1) is 19.3. The van der Waals surface area contributed by atoms with Crippen molar-refractivity contribution in [3.05, 3.63) is 90.0 Å². The summed E-state index contributed by atoms with van der Waals surface area (Å²) in [5.41, 5.74) is 2.51. The van der Waals surface area contributed by atoms with Gasteiger partial charge < -0.3 is 4.42 Å². The lowest BCUT2D eigenvalue weighted by atomic mass is 10.1. The Balaban J connectivity index is 1.54. The predicted molar refractivity (Wildman–Crippen MR) is 118 cm³/mol. The fourth-order valence-electron chi connectivity index (χ4n) is 2.79. The number of hydrogen-bond donors (Lipinski definition) is 1. The topological polar surface area (TPSA) is 55.1 Å². The van der Waals surface area contributed by atoms with Crippen LogP contribution in [0.2, 0.25) is 5.02 Å². The minimum absolute atomic E-state index is 0.185. The van der Waals surface area contributed by atoms with Gasteiger partial charge in [0.05, 0.1) is 5.75 Å². The van der Waals surface area contributed by atoms with Crippen LogP contribution in [-0.4, -0.2) is 16.6 Å². The summed E-state index contributed by atoms with van der Waals surface area (Å²) >= 11 is 7.31.